The zero-order chi connectivity index (χ0) is 15.6. The van der Waals surface area contributed by atoms with Crippen molar-refractivity contribution in [3.05, 3.63) is 35.9 Å². The molecule has 1 aliphatic heterocycles. The lowest BCUT2D eigenvalue weighted by Crippen LogP contribution is -2.42. The van der Waals surface area contributed by atoms with Gasteiger partial charge in [-0.1, -0.05) is 30.3 Å². The number of thiocarbonyl (C=S) groups is 1. The number of benzene rings is 1. The van der Waals surface area contributed by atoms with Crippen LogP contribution in [0.1, 0.15) is 18.9 Å². The molecule has 0 radical (unpaired) electrons. The van der Waals surface area contributed by atoms with Crippen LogP contribution in [0.4, 0.5) is 0 Å². The molecule has 0 saturated carbocycles. The van der Waals surface area contributed by atoms with Gasteiger partial charge in [0.25, 0.3) is 0 Å². The highest BCUT2D eigenvalue weighted by Gasteiger charge is 2.13. The number of nitrogens with zero attached hydrogens (tertiary/aromatic N) is 2. The highest BCUT2D eigenvalue weighted by Crippen LogP contribution is 2.07. The van der Waals surface area contributed by atoms with E-state index >= 15 is 0 Å². The maximum Gasteiger partial charge on any atom is 0.169 e. The van der Waals surface area contributed by atoms with E-state index in [0.29, 0.717) is 0 Å². The van der Waals surface area contributed by atoms with E-state index in [1.807, 2.05) is 0 Å². The summed E-state index contributed by atoms with van der Waals surface area (Å²) in [7, 11) is 0. The van der Waals surface area contributed by atoms with Crippen molar-refractivity contribution >= 4 is 17.3 Å². The van der Waals surface area contributed by atoms with E-state index in [2.05, 4.69) is 52.4 Å². The molecule has 0 bridgehead atoms. The monoisotopic (exact) mass is 321 g/mol. The van der Waals surface area contributed by atoms with Crippen LogP contribution in [0, 0.1) is 0 Å². The lowest BCUT2D eigenvalue weighted by Gasteiger charge is -2.29. The fourth-order valence-electron chi connectivity index (χ4n) is 2.63. The second-order valence-corrected chi connectivity index (χ2v) is 5.94. The standard InChI is InChI=1S/C17H27N3OS/c1-2-18-17(22)20(15-16-7-4-3-5-8-16)10-6-9-19-11-13-21-14-12-19/h3-5,7-8H,2,6,9-15H2,1H3,(H,18,22). The van der Waals surface area contributed by atoms with Crippen LogP contribution in [0.25, 0.3) is 0 Å². The third-order valence-corrected chi connectivity index (χ3v) is 4.24. The minimum atomic E-state index is 0.855. The zero-order valence-corrected chi connectivity index (χ0v) is 14.3. The van der Waals surface area contributed by atoms with Crippen LogP contribution in [0.5, 0.6) is 0 Å². The molecule has 0 unspecified atom stereocenters. The Morgan fingerprint density at radius 3 is 2.68 bits per heavy atom. The van der Waals surface area contributed by atoms with Gasteiger partial charge in [0.05, 0.1) is 13.2 Å². The van der Waals surface area contributed by atoms with Gasteiger partial charge in [-0.3, -0.25) is 4.90 Å². The van der Waals surface area contributed by atoms with E-state index in [1.54, 1.807) is 0 Å². The highest BCUT2D eigenvalue weighted by atomic mass is 32.1. The number of hydrogen-bond acceptors (Lipinski definition) is 3. The molecule has 0 spiro atoms. The van der Waals surface area contributed by atoms with E-state index in [-0.39, 0.29) is 0 Å². The molecular formula is C17H27N3OS. The van der Waals surface area contributed by atoms with Crippen molar-refractivity contribution in [1.29, 1.82) is 0 Å². The van der Waals surface area contributed by atoms with Crippen molar-refractivity contribution in [1.82, 2.24) is 15.1 Å². The highest BCUT2D eigenvalue weighted by molar-refractivity contribution is 7.80. The van der Waals surface area contributed by atoms with E-state index in [9.17, 15) is 0 Å². The molecular weight excluding hydrogens is 294 g/mol. The summed E-state index contributed by atoms with van der Waals surface area (Å²) in [5, 5.41) is 4.13. The quantitative estimate of drug-likeness (QED) is 0.777. The molecule has 1 fully saturated rings. The molecule has 122 valence electrons. The van der Waals surface area contributed by atoms with Crippen LogP contribution in [-0.4, -0.2) is 60.8 Å². The molecule has 2 rings (SSSR count). The SMILES string of the molecule is CCNC(=S)N(CCCN1CCOCC1)Cc1ccccc1. The van der Waals surface area contributed by atoms with Crippen LogP contribution in [0.3, 0.4) is 0 Å². The zero-order valence-electron chi connectivity index (χ0n) is 13.5. The second kappa shape index (κ2) is 9.77. The lowest BCUT2D eigenvalue weighted by molar-refractivity contribution is 0.0367. The van der Waals surface area contributed by atoms with Gasteiger partial charge >= 0.3 is 0 Å². The Balaban J connectivity index is 1.82. The summed E-state index contributed by atoms with van der Waals surface area (Å²) in [5.74, 6) is 0. The fraction of sp³-hybridized carbons (Fsp3) is 0.588. The van der Waals surface area contributed by atoms with Crippen molar-refractivity contribution in [2.24, 2.45) is 0 Å². The van der Waals surface area contributed by atoms with Gasteiger partial charge in [0.1, 0.15) is 0 Å². The van der Waals surface area contributed by atoms with Crippen molar-refractivity contribution in [2.45, 2.75) is 19.9 Å². The molecule has 1 aromatic carbocycles. The predicted octanol–water partition coefficient (Wildman–Crippen LogP) is 2.11. The van der Waals surface area contributed by atoms with Gasteiger partial charge in [-0.25, -0.2) is 0 Å². The van der Waals surface area contributed by atoms with Gasteiger partial charge in [0.15, 0.2) is 5.11 Å². The van der Waals surface area contributed by atoms with Crippen LogP contribution in [-0.2, 0) is 11.3 Å². The number of nitrogens with one attached hydrogen (secondary N) is 1. The number of ether oxygens (including phenoxy) is 1. The Morgan fingerprint density at radius 1 is 1.27 bits per heavy atom. The van der Waals surface area contributed by atoms with E-state index in [1.165, 1.54) is 5.56 Å². The smallest absolute Gasteiger partial charge is 0.169 e. The molecule has 1 heterocycles. The molecule has 0 atom stereocenters. The normalized spacial score (nSPS) is 15.5. The van der Waals surface area contributed by atoms with Crippen molar-refractivity contribution in [3.63, 3.8) is 0 Å². The van der Waals surface area contributed by atoms with E-state index < -0.39 is 0 Å². The molecule has 4 nitrogen and oxygen atoms in total. The van der Waals surface area contributed by atoms with Gasteiger partial charge < -0.3 is 15.0 Å². The third kappa shape index (κ3) is 5.91. The maximum atomic E-state index is 5.52. The van der Waals surface area contributed by atoms with Crippen molar-refractivity contribution in [3.8, 4) is 0 Å². The maximum absolute atomic E-state index is 5.52. The first-order chi connectivity index (χ1) is 10.8. The first-order valence-electron chi connectivity index (χ1n) is 8.16. The van der Waals surface area contributed by atoms with Gasteiger partial charge in [-0.15, -0.1) is 0 Å². The summed E-state index contributed by atoms with van der Waals surface area (Å²) in [5.41, 5.74) is 1.30. The lowest BCUT2D eigenvalue weighted by atomic mass is 10.2. The molecule has 1 N–H and O–H groups in total. The number of morpholine rings is 1. The summed E-state index contributed by atoms with van der Waals surface area (Å²) in [4.78, 5) is 4.75. The topological polar surface area (TPSA) is 27.7 Å². The molecule has 0 amide bonds. The van der Waals surface area contributed by atoms with E-state index in [0.717, 1.165) is 64.0 Å². The van der Waals surface area contributed by atoms with Crippen molar-refractivity contribution in [2.75, 3.05) is 45.9 Å². The Morgan fingerprint density at radius 2 is 2.00 bits per heavy atom. The summed E-state index contributed by atoms with van der Waals surface area (Å²) in [6.45, 7) is 9.76. The van der Waals surface area contributed by atoms with Gasteiger partial charge in [0.2, 0.25) is 0 Å². The number of hydrogen-bond donors (Lipinski definition) is 1. The van der Waals surface area contributed by atoms with Crippen LogP contribution in [0.2, 0.25) is 0 Å². The first-order valence-corrected chi connectivity index (χ1v) is 8.57. The van der Waals surface area contributed by atoms with Crippen LogP contribution < -0.4 is 5.32 Å². The van der Waals surface area contributed by atoms with Gasteiger partial charge in [-0.05, 0) is 31.1 Å². The second-order valence-electron chi connectivity index (χ2n) is 5.55. The summed E-state index contributed by atoms with van der Waals surface area (Å²) < 4.78 is 5.39. The molecule has 22 heavy (non-hydrogen) atoms. The minimum Gasteiger partial charge on any atom is -0.379 e. The molecule has 1 aromatic rings. The van der Waals surface area contributed by atoms with Gasteiger partial charge in [0, 0.05) is 39.3 Å². The van der Waals surface area contributed by atoms with Crippen LogP contribution in [0.15, 0.2) is 30.3 Å². The molecule has 1 saturated heterocycles. The number of rotatable bonds is 7. The minimum absolute atomic E-state index is 0.855. The largest absolute Gasteiger partial charge is 0.379 e. The Hall–Kier alpha value is -1.17. The average molecular weight is 321 g/mol. The Bertz CT molecular complexity index is 435. The predicted molar refractivity (Wildman–Crippen MR) is 95.0 cm³/mol. The Kier molecular flexibility index (Phi) is 7.63. The summed E-state index contributed by atoms with van der Waals surface area (Å²) in [6.07, 6.45) is 1.12. The Labute approximate surface area is 139 Å². The molecule has 0 aliphatic carbocycles. The fourth-order valence-corrected chi connectivity index (χ4v) is 2.93. The first kappa shape index (κ1) is 17.2. The average Bonchev–Trinajstić information content (AvgIpc) is 2.56. The van der Waals surface area contributed by atoms with Gasteiger partial charge in [-0.2, -0.15) is 0 Å². The van der Waals surface area contributed by atoms with Crippen LogP contribution >= 0.6 is 12.2 Å². The van der Waals surface area contributed by atoms with Crippen molar-refractivity contribution < 1.29 is 4.74 Å². The molecule has 1 aliphatic rings. The summed E-state index contributed by atoms with van der Waals surface area (Å²) >= 11 is 5.52. The molecule has 0 aromatic heterocycles. The summed E-state index contributed by atoms with van der Waals surface area (Å²) in [6, 6.07) is 10.5. The molecule has 5 heteroatoms. The van der Waals surface area contributed by atoms with E-state index in [4.69, 9.17) is 17.0 Å². The third-order valence-electron chi connectivity index (χ3n) is 3.84.